The molecule has 1 rings (SSSR count). The largest absolute Gasteiger partial charge is 0.380 e. The molecule has 0 atom stereocenters. The van der Waals surface area contributed by atoms with E-state index in [-0.39, 0.29) is 0 Å². The van der Waals surface area contributed by atoms with Gasteiger partial charge in [-0.1, -0.05) is 0 Å². The summed E-state index contributed by atoms with van der Waals surface area (Å²) in [5.41, 5.74) is 1.23. The van der Waals surface area contributed by atoms with Gasteiger partial charge in [-0.25, -0.2) is 10.0 Å². The lowest BCUT2D eigenvalue weighted by Crippen LogP contribution is -2.13. The summed E-state index contributed by atoms with van der Waals surface area (Å²) in [6.07, 6.45) is 11.2. The first-order valence-corrected chi connectivity index (χ1v) is 9.10. The number of nitrogens with zero attached hydrogens (tertiary/aromatic N) is 2. The van der Waals surface area contributed by atoms with Crippen molar-refractivity contribution in [2.24, 2.45) is 0 Å². The van der Waals surface area contributed by atoms with Crippen LogP contribution in [0.5, 0.6) is 0 Å². The molecule has 0 aromatic heterocycles. The van der Waals surface area contributed by atoms with Crippen LogP contribution in [0.4, 0.5) is 5.69 Å². The van der Waals surface area contributed by atoms with E-state index in [2.05, 4.69) is 86.3 Å². The summed E-state index contributed by atoms with van der Waals surface area (Å²) in [5.74, 6) is 0. The van der Waals surface area contributed by atoms with E-state index >= 15 is 0 Å². The zero-order chi connectivity index (χ0) is 13.8. The predicted molar refractivity (Wildman–Crippen MR) is 85.9 cm³/mol. The summed E-state index contributed by atoms with van der Waals surface area (Å²) in [6.45, 7) is 3.17. The highest BCUT2D eigenvalue weighted by molar-refractivity contribution is 8.32. The molecular formula is C15H26N2S. The fourth-order valence-electron chi connectivity index (χ4n) is 1.49. The highest BCUT2D eigenvalue weighted by Crippen LogP contribution is 2.45. The van der Waals surface area contributed by atoms with E-state index in [0.717, 1.165) is 6.54 Å². The Kier molecular flexibility index (Phi) is 5.15. The number of hydrogen-bond acceptors (Lipinski definition) is 2. The minimum atomic E-state index is -0.620. The van der Waals surface area contributed by atoms with Gasteiger partial charge in [0.05, 0.1) is 0 Å². The molecular weight excluding hydrogens is 240 g/mol. The highest BCUT2D eigenvalue weighted by Gasteiger charge is 2.07. The molecule has 1 aromatic rings. The average molecular weight is 266 g/mol. The Labute approximate surface area is 114 Å². The Morgan fingerprint density at radius 1 is 1.00 bits per heavy atom. The molecule has 0 bridgehead atoms. The molecule has 0 saturated heterocycles. The molecule has 0 radical (unpaired) electrons. The molecule has 18 heavy (non-hydrogen) atoms. The Morgan fingerprint density at radius 3 is 2.00 bits per heavy atom. The topological polar surface area (TPSA) is 6.48 Å². The van der Waals surface area contributed by atoms with Crippen molar-refractivity contribution in [3.05, 3.63) is 36.7 Å². The summed E-state index contributed by atoms with van der Waals surface area (Å²) >= 11 is 0. The molecule has 0 aliphatic carbocycles. The first kappa shape index (κ1) is 15.0. The smallest absolute Gasteiger partial charge is 0.0404 e. The van der Waals surface area contributed by atoms with Gasteiger partial charge in [-0.15, -0.1) is 0 Å². The van der Waals surface area contributed by atoms with Crippen molar-refractivity contribution >= 4 is 15.7 Å². The van der Waals surface area contributed by atoms with Gasteiger partial charge in [-0.05, 0) is 54.9 Å². The van der Waals surface area contributed by atoms with Crippen LogP contribution in [0.3, 0.4) is 0 Å². The lowest BCUT2D eigenvalue weighted by Gasteiger charge is -2.26. The van der Waals surface area contributed by atoms with Gasteiger partial charge in [0.15, 0.2) is 0 Å². The number of benzene rings is 1. The van der Waals surface area contributed by atoms with Crippen LogP contribution in [0, 0.1) is 0 Å². The number of hydrogen-bond donors (Lipinski definition) is 0. The minimum Gasteiger partial charge on any atom is -0.380 e. The van der Waals surface area contributed by atoms with Crippen LogP contribution < -0.4 is 4.90 Å². The fourth-order valence-corrected chi connectivity index (χ4v) is 2.45. The monoisotopic (exact) mass is 266 g/mol. The first-order valence-electron chi connectivity index (χ1n) is 6.24. The molecule has 0 fully saturated rings. The second-order valence-corrected chi connectivity index (χ2v) is 9.46. The van der Waals surface area contributed by atoms with E-state index in [0.29, 0.717) is 0 Å². The predicted octanol–water partition coefficient (Wildman–Crippen LogP) is 3.60. The second-order valence-electron chi connectivity index (χ2n) is 5.31. The molecule has 0 aliphatic heterocycles. The standard InChI is InChI=1S/C15H26N2S/c1-7-16(2)12-13-17(3)14-8-10-15(11-9-14)18(4,5)6/h8-13H,7H2,1-6H3/b13-12-. The first-order chi connectivity index (χ1) is 8.34. The molecule has 0 amide bonds. The van der Waals surface area contributed by atoms with Crippen molar-refractivity contribution in [2.45, 2.75) is 11.8 Å². The summed E-state index contributed by atoms with van der Waals surface area (Å²) < 4.78 is 0. The molecule has 0 heterocycles. The van der Waals surface area contributed by atoms with Crippen molar-refractivity contribution in [2.75, 3.05) is 44.3 Å². The lowest BCUT2D eigenvalue weighted by molar-refractivity contribution is 0.482. The van der Waals surface area contributed by atoms with Crippen LogP contribution in [0.15, 0.2) is 41.6 Å². The molecule has 0 aliphatic rings. The number of rotatable bonds is 5. The molecule has 102 valence electrons. The van der Waals surface area contributed by atoms with Crippen molar-refractivity contribution in [1.82, 2.24) is 4.90 Å². The average Bonchev–Trinajstić information content (AvgIpc) is 2.34. The van der Waals surface area contributed by atoms with E-state index in [4.69, 9.17) is 0 Å². The normalized spacial score (nSPS) is 12.8. The lowest BCUT2D eigenvalue weighted by atomic mass is 10.3. The Balaban J connectivity index is 2.76. The van der Waals surface area contributed by atoms with Crippen LogP contribution in [0.2, 0.25) is 0 Å². The van der Waals surface area contributed by atoms with Crippen LogP contribution in [0.1, 0.15) is 6.92 Å². The van der Waals surface area contributed by atoms with E-state index in [1.807, 2.05) is 0 Å². The third-order valence-electron chi connectivity index (χ3n) is 2.99. The third-order valence-corrected chi connectivity index (χ3v) is 4.68. The fraction of sp³-hybridized carbons (Fsp3) is 0.467. The number of anilines is 1. The van der Waals surface area contributed by atoms with Gasteiger partial charge in [0.1, 0.15) is 0 Å². The third kappa shape index (κ3) is 4.30. The maximum Gasteiger partial charge on any atom is 0.0404 e. The van der Waals surface area contributed by atoms with Gasteiger partial charge in [0.2, 0.25) is 0 Å². The Hall–Kier alpha value is -1.09. The second kappa shape index (κ2) is 6.19. The highest BCUT2D eigenvalue weighted by atomic mass is 32.3. The summed E-state index contributed by atoms with van der Waals surface area (Å²) in [5, 5.41) is 0. The van der Waals surface area contributed by atoms with Crippen LogP contribution in [0.25, 0.3) is 0 Å². The van der Waals surface area contributed by atoms with E-state index in [1.54, 1.807) is 0 Å². The maximum absolute atomic E-state index is 2.32. The minimum absolute atomic E-state index is 0.620. The van der Waals surface area contributed by atoms with Crippen molar-refractivity contribution in [3.63, 3.8) is 0 Å². The van der Waals surface area contributed by atoms with Crippen molar-refractivity contribution in [3.8, 4) is 0 Å². The zero-order valence-electron chi connectivity index (χ0n) is 12.5. The maximum atomic E-state index is 2.32. The van der Waals surface area contributed by atoms with Gasteiger partial charge in [-0.2, -0.15) is 0 Å². The SMILES string of the molecule is CCN(C)/C=C\N(C)c1ccc(S(C)(C)C)cc1. The quantitative estimate of drug-likeness (QED) is 0.803. The molecule has 0 unspecified atom stereocenters. The molecule has 1 aromatic carbocycles. The van der Waals surface area contributed by atoms with Gasteiger partial charge in [0, 0.05) is 38.7 Å². The summed E-state index contributed by atoms with van der Waals surface area (Å²) in [7, 11) is 3.54. The molecule has 3 heteroatoms. The van der Waals surface area contributed by atoms with Crippen molar-refractivity contribution < 1.29 is 0 Å². The van der Waals surface area contributed by atoms with Gasteiger partial charge in [-0.3, -0.25) is 0 Å². The van der Waals surface area contributed by atoms with Gasteiger partial charge >= 0.3 is 0 Å². The van der Waals surface area contributed by atoms with Gasteiger partial charge in [0.25, 0.3) is 0 Å². The van der Waals surface area contributed by atoms with Crippen LogP contribution in [-0.2, 0) is 0 Å². The molecule has 0 N–H and O–H groups in total. The van der Waals surface area contributed by atoms with E-state index in [1.165, 1.54) is 10.6 Å². The van der Waals surface area contributed by atoms with Crippen molar-refractivity contribution in [1.29, 1.82) is 0 Å². The van der Waals surface area contributed by atoms with Crippen LogP contribution in [-0.4, -0.2) is 44.3 Å². The molecule has 2 nitrogen and oxygen atoms in total. The molecule has 0 saturated carbocycles. The van der Waals surface area contributed by atoms with Gasteiger partial charge < -0.3 is 9.80 Å². The van der Waals surface area contributed by atoms with Crippen LogP contribution >= 0.6 is 10.0 Å². The summed E-state index contributed by atoms with van der Waals surface area (Å²) in [6, 6.07) is 8.89. The molecule has 0 spiro atoms. The summed E-state index contributed by atoms with van der Waals surface area (Å²) in [4.78, 5) is 5.76. The zero-order valence-corrected chi connectivity index (χ0v) is 13.3. The Morgan fingerprint density at radius 2 is 1.56 bits per heavy atom. The van der Waals surface area contributed by atoms with E-state index < -0.39 is 10.0 Å². The van der Waals surface area contributed by atoms with E-state index in [9.17, 15) is 0 Å². The Bertz CT molecular complexity index is 390.